The molecular formula is C12H24O2. The highest BCUT2D eigenvalue weighted by Gasteiger charge is 2.16. The van der Waals surface area contributed by atoms with Crippen molar-refractivity contribution in [1.29, 1.82) is 0 Å². The van der Waals surface area contributed by atoms with Crippen molar-refractivity contribution >= 4 is 5.97 Å². The second-order valence-corrected chi connectivity index (χ2v) is 4.50. The van der Waals surface area contributed by atoms with Gasteiger partial charge in [-0.2, -0.15) is 0 Å². The molecule has 0 amide bonds. The van der Waals surface area contributed by atoms with Crippen LogP contribution in [0.25, 0.3) is 0 Å². The minimum Gasteiger partial charge on any atom is -0.481 e. The maximum atomic E-state index is 10.9. The van der Waals surface area contributed by atoms with Gasteiger partial charge in [-0.25, -0.2) is 0 Å². The summed E-state index contributed by atoms with van der Waals surface area (Å²) in [5.74, 6) is -0.103. The normalized spacial score (nSPS) is 13.1. The lowest BCUT2D eigenvalue weighted by molar-refractivity contribution is -0.142. The Labute approximate surface area is 87.7 Å². The zero-order valence-corrected chi connectivity index (χ0v) is 9.75. The number of carboxylic acids is 1. The van der Waals surface area contributed by atoms with Crippen LogP contribution in [-0.4, -0.2) is 11.1 Å². The average Bonchev–Trinajstić information content (AvgIpc) is 2.10. The SMILES string of the molecule is CCCCCC(CCC(C)C)C(=O)O. The molecule has 0 rings (SSSR count). The summed E-state index contributed by atoms with van der Waals surface area (Å²) in [6.07, 6.45) is 6.11. The lowest BCUT2D eigenvalue weighted by Gasteiger charge is -2.13. The first kappa shape index (κ1) is 13.5. The van der Waals surface area contributed by atoms with E-state index >= 15 is 0 Å². The van der Waals surface area contributed by atoms with E-state index < -0.39 is 5.97 Å². The van der Waals surface area contributed by atoms with E-state index in [4.69, 9.17) is 5.11 Å². The van der Waals surface area contributed by atoms with Crippen LogP contribution in [0.4, 0.5) is 0 Å². The molecule has 2 nitrogen and oxygen atoms in total. The number of rotatable bonds is 8. The molecule has 0 saturated heterocycles. The Kier molecular flexibility index (Phi) is 7.54. The molecule has 0 aliphatic carbocycles. The van der Waals surface area contributed by atoms with Crippen LogP contribution in [0.3, 0.4) is 0 Å². The van der Waals surface area contributed by atoms with E-state index in [2.05, 4.69) is 20.8 Å². The van der Waals surface area contributed by atoms with E-state index in [0.29, 0.717) is 5.92 Å². The largest absolute Gasteiger partial charge is 0.481 e. The molecule has 0 aliphatic heterocycles. The van der Waals surface area contributed by atoms with E-state index in [-0.39, 0.29) is 5.92 Å². The van der Waals surface area contributed by atoms with Crippen LogP contribution in [0, 0.1) is 11.8 Å². The van der Waals surface area contributed by atoms with Crippen molar-refractivity contribution in [3.63, 3.8) is 0 Å². The van der Waals surface area contributed by atoms with Crippen molar-refractivity contribution in [2.24, 2.45) is 11.8 Å². The number of carboxylic acid groups (broad SMARTS) is 1. The molecule has 0 radical (unpaired) electrons. The van der Waals surface area contributed by atoms with Crippen molar-refractivity contribution in [3.05, 3.63) is 0 Å². The van der Waals surface area contributed by atoms with Crippen molar-refractivity contribution in [3.8, 4) is 0 Å². The summed E-state index contributed by atoms with van der Waals surface area (Å²) in [6.45, 7) is 6.43. The highest BCUT2D eigenvalue weighted by Crippen LogP contribution is 2.18. The molecule has 0 spiro atoms. The second kappa shape index (κ2) is 7.84. The molecule has 0 aromatic carbocycles. The van der Waals surface area contributed by atoms with Gasteiger partial charge in [-0.3, -0.25) is 4.79 Å². The van der Waals surface area contributed by atoms with Crippen molar-refractivity contribution in [2.45, 2.75) is 59.3 Å². The van der Waals surface area contributed by atoms with Crippen molar-refractivity contribution < 1.29 is 9.90 Å². The van der Waals surface area contributed by atoms with Gasteiger partial charge in [-0.15, -0.1) is 0 Å². The molecule has 0 aromatic heterocycles. The summed E-state index contributed by atoms with van der Waals surface area (Å²) >= 11 is 0. The summed E-state index contributed by atoms with van der Waals surface area (Å²) < 4.78 is 0. The Bertz CT molecular complexity index is 152. The van der Waals surface area contributed by atoms with Gasteiger partial charge in [0.25, 0.3) is 0 Å². The molecule has 0 bridgehead atoms. The van der Waals surface area contributed by atoms with Crippen LogP contribution in [0.5, 0.6) is 0 Å². The molecule has 84 valence electrons. The van der Waals surface area contributed by atoms with Gasteiger partial charge >= 0.3 is 5.97 Å². The highest BCUT2D eigenvalue weighted by molar-refractivity contribution is 5.69. The molecule has 0 aromatic rings. The van der Waals surface area contributed by atoms with Crippen molar-refractivity contribution in [1.82, 2.24) is 0 Å². The lowest BCUT2D eigenvalue weighted by atomic mass is 9.93. The summed E-state index contributed by atoms with van der Waals surface area (Å²) in [5.41, 5.74) is 0. The molecule has 0 fully saturated rings. The van der Waals surface area contributed by atoms with Gasteiger partial charge in [0.1, 0.15) is 0 Å². The summed E-state index contributed by atoms with van der Waals surface area (Å²) in [7, 11) is 0. The fourth-order valence-corrected chi connectivity index (χ4v) is 1.57. The van der Waals surface area contributed by atoms with Gasteiger partial charge in [-0.05, 0) is 18.8 Å². The van der Waals surface area contributed by atoms with Crippen molar-refractivity contribution in [2.75, 3.05) is 0 Å². The number of carbonyl (C=O) groups is 1. The zero-order valence-electron chi connectivity index (χ0n) is 9.75. The molecular weight excluding hydrogens is 176 g/mol. The summed E-state index contributed by atoms with van der Waals surface area (Å²) in [5, 5.41) is 8.99. The monoisotopic (exact) mass is 200 g/mol. The Morgan fingerprint density at radius 2 is 1.79 bits per heavy atom. The fraction of sp³-hybridized carbons (Fsp3) is 0.917. The number of hydrogen-bond acceptors (Lipinski definition) is 1. The molecule has 0 saturated carbocycles. The first-order valence-electron chi connectivity index (χ1n) is 5.80. The van der Waals surface area contributed by atoms with Gasteiger partial charge in [-0.1, -0.05) is 46.5 Å². The van der Waals surface area contributed by atoms with Crippen LogP contribution in [0.1, 0.15) is 59.3 Å². The lowest BCUT2D eigenvalue weighted by Crippen LogP contribution is -2.14. The van der Waals surface area contributed by atoms with E-state index in [1.165, 1.54) is 0 Å². The van der Waals surface area contributed by atoms with Gasteiger partial charge in [0, 0.05) is 0 Å². The third kappa shape index (κ3) is 6.93. The third-order valence-electron chi connectivity index (χ3n) is 2.60. The molecule has 1 atom stereocenters. The predicted octanol–water partition coefficient (Wildman–Crippen LogP) is 3.70. The van der Waals surface area contributed by atoms with Gasteiger partial charge in [0.15, 0.2) is 0 Å². The van der Waals surface area contributed by atoms with Gasteiger partial charge in [0.05, 0.1) is 5.92 Å². The van der Waals surface area contributed by atoms with Crippen LogP contribution in [0.2, 0.25) is 0 Å². The number of hydrogen-bond donors (Lipinski definition) is 1. The molecule has 14 heavy (non-hydrogen) atoms. The minimum atomic E-state index is -0.609. The average molecular weight is 200 g/mol. The molecule has 1 N–H and O–H groups in total. The van der Waals surface area contributed by atoms with E-state index in [1.807, 2.05) is 0 Å². The first-order chi connectivity index (χ1) is 6.57. The topological polar surface area (TPSA) is 37.3 Å². The maximum absolute atomic E-state index is 10.9. The first-order valence-corrected chi connectivity index (χ1v) is 5.80. The predicted molar refractivity (Wildman–Crippen MR) is 59.3 cm³/mol. The quantitative estimate of drug-likeness (QED) is 0.606. The molecule has 1 unspecified atom stereocenters. The van der Waals surface area contributed by atoms with E-state index in [1.54, 1.807) is 0 Å². The van der Waals surface area contributed by atoms with Gasteiger partial charge in [0.2, 0.25) is 0 Å². The summed E-state index contributed by atoms with van der Waals surface area (Å²) in [6, 6.07) is 0. The molecule has 0 aliphatic rings. The van der Waals surface area contributed by atoms with Crippen LogP contribution in [-0.2, 0) is 4.79 Å². The van der Waals surface area contributed by atoms with Gasteiger partial charge < -0.3 is 5.11 Å². The van der Waals surface area contributed by atoms with Crippen LogP contribution < -0.4 is 0 Å². The third-order valence-corrected chi connectivity index (χ3v) is 2.60. The highest BCUT2D eigenvalue weighted by atomic mass is 16.4. The zero-order chi connectivity index (χ0) is 11.0. The Balaban J connectivity index is 3.72. The van der Waals surface area contributed by atoms with E-state index in [9.17, 15) is 4.79 Å². The van der Waals surface area contributed by atoms with E-state index in [0.717, 1.165) is 38.5 Å². The fourth-order valence-electron chi connectivity index (χ4n) is 1.57. The Morgan fingerprint density at radius 1 is 1.14 bits per heavy atom. The smallest absolute Gasteiger partial charge is 0.306 e. The summed E-state index contributed by atoms with van der Waals surface area (Å²) in [4.78, 5) is 10.9. The second-order valence-electron chi connectivity index (χ2n) is 4.50. The Hall–Kier alpha value is -0.530. The van der Waals surface area contributed by atoms with Crippen LogP contribution >= 0.6 is 0 Å². The molecule has 2 heteroatoms. The number of unbranched alkanes of at least 4 members (excludes halogenated alkanes) is 2. The van der Waals surface area contributed by atoms with Crippen LogP contribution in [0.15, 0.2) is 0 Å². The number of aliphatic carboxylic acids is 1. The molecule has 0 heterocycles. The minimum absolute atomic E-state index is 0.107. The Morgan fingerprint density at radius 3 is 2.21 bits per heavy atom. The maximum Gasteiger partial charge on any atom is 0.306 e. The standard InChI is InChI=1S/C12H24O2/c1-4-5-6-7-11(12(13)14)9-8-10(2)3/h10-11H,4-9H2,1-3H3,(H,13,14).